The molecule has 0 aliphatic carbocycles. The third-order valence-electron chi connectivity index (χ3n) is 3.24. The number of phenols is 1. The molecule has 1 rings (SSSR count). The molecule has 1 aromatic rings. The highest BCUT2D eigenvalue weighted by atomic mass is 16.5. The molecule has 110 valence electrons. The molecule has 0 amide bonds. The topological polar surface area (TPSA) is 72.8 Å². The van der Waals surface area contributed by atoms with Gasteiger partial charge in [-0.1, -0.05) is 0 Å². The molecule has 0 heterocycles. The van der Waals surface area contributed by atoms with E-state index in [1.807, 2.05) is 0 Å². The maximum Gasteiger partial charge on any atom is 0.342 e. The number of carbonyl (C=O) groups is 2. The first-order valence-corrected chi connectivity index (χ1v) is 6.53. The Morgan fingerprint density at radius 2 is 1.30 bits per heavy atom. The summed E-state index contributed by atoms with van der Waals surface area (Å²) in [5.41, 5.74) is 1.79. The first-order chi connectivity index (χ1) is 9.36. The molecule has 0 saturated heterocycles. The minimum atomic E-state index is -0.642. The fourth-order valence-corrected chi connectivity index (χ4v) is 2.10. The first kappa shape index (κ1) is 16.0. The Balaban J connectivity index is 3.54. The molecule has 0 unspecified atom stereocenters. The van der Waals surface area contributed by atoms with E-state index in [1.54, 1.807) is 34.6 Å². The van der Waals surface area contributed by atoms with Gasteiger partial charge in [-0.25, -0.2) is 9.59 Å². The predicted molar refractivity (Wildman–Crippen MR) is 74.2 cm³/mol. The lowest BCUT2D eigenvalue weighted by atomic mass is 9.92. The highest BCUT2D eigenvalue weighted by Crippen LogP contribution is 2.33. The lowest BCUT2D eigenvalue weighted by Gasteiger charge is -2.17. The van der Waals surface area contributed by atoms with Crippen LogP contribution in [0.3, 0.4) is 0 Å². The zero-order valence-corrected chi connectivity index (χ0v) is 12.5. The van der Waals surface area contributed by atoms with Crippen molar-refractivity contribution in [2.75, 3.05) is 13.2 Å². The molecule has 0 aliphatic heterocycles. The number of hydrogen-bond donors (Lipinski definition) is 1. The predicted octanol–water partition coefficient (Wildman–Crippen LogP) is 2.67. The third kappa shape index (κ3) is 2.76. The zero-order valence-electron chi connectivity index (χ0n) is 12.5. The largest absolute Gasteiger partial charge is 0.507 e. The molecule has 20 heavy (non-hydrogen) atoms. The fraction of sp³-hybridized carbons (Fsp3) is 0.467. The van der Waals surface area contributed by atoms with Crippen molar-refractivity contribution in [2.24, 2.45) is 0 Å². The number of hydrogen-bond acceptors (Lipinski definition) is 5. The van der Waals surface area contributed by atoms with Crippen LogP contribution in [0.25, 0.3) is 0 Å². The van der Waals surface area contributed by atoms with Crippen LogP contribution in [-0.2, 0) is 9.47 Å². The minimum Gasteiger partial charge on any atom is -0.507 e. The average Bonchev–Trinajstić information content (AvgIpc) is 2.37. The highest BCUT2D eigenvalue weighted by molar-refractivity contribution is 6.01. The van der Waals surface area contributed by atoms with Gasteiger partial charge in [0.15, 0.2) is 0 Å². The van der Waals surface area contributed by atoms with Gasteiger partial charge in [-0.3, -0.25) is 0 Å². The standard InChI is InChI=1S/C15H20O5/c1-6-19-14(17)11-8(3)9(4)13(16)12(10(11)5)15(18)20-7-2/h16H,6-7H2,1-5H3. The SMILES string of the molecule is CCOC(=O)c1c(C)c(C)c(O)c(C(=O)OCC)c1C. The summed E-state index contributed by atoms with van der Waals surface area (Å²) < 4.78 is 9.93. The molecule has 1 N–H and O–H groups in total. The van der Waals surface area contributed by atoms with E-state index >= 15 is 0 Å². The van der Waals surface area contributed by atoms with Crippen molar-refractivity contribution in [3.63, 3.8) is 0 Å². The van der Waals surface area contributed by atoms with Crippen molar-refractivity contribution in [2.45, 2.75) is 34.6 Å². The number of aromatic hydroxyl groups is 1. The Kier molecular flexibility index (Phi) is 5.13. The van der Waals surface area contributed by atoms with Gasteiger partial charge in [0.2, 0.25) is 0 Å². The molecular weight excluding hydrogens is 260 g/mol. The molecule has 5 heteroatoms. The van der Waals surface area contributed by atoms with E-state index in [0.717, 1.165) is 0 Å². The van der Waals surface area contributed by atoms with Crippen molar-refractivity contribution in [3.05, 3.63) is 27.8 Å². The van der Waals surface area contributed by atoms with Crippen LogP contribution in [0.1, 0.15) is 51.3 Å². The van der Waals surface area contributed by atoms with Gasteiger partial charge in [0, 0.05) is 0 Å². The Morgan fingerprint density at radius 1 is 0.850 bits per heavy atom. The molecule has 1 aromatic carbocycles. The summed E-state index contributed by atoms with van der Waals surface area (Å²) in [5.74, 6) is -1.29. The molecule has 5 nitrogen and oxygen atoms in total. The van der Waals surface area contributed by atoms with Crippen LogP contribution in [0, 0.1) is 20.8 Å². The number of benzene rings is 1. The average molecular weight is 280 g/mol. The van der Waals surface area contributed by atoms with E-state index in [-0.39, 0.29) is 24.5 Å². The van der Waals surface area contributed by atoms with Crippen LogP contribution in [0.2, 0.25) is 0 Å². The smallest absolute Gasteiger partial charge is 0.342 e. The van der Waals surface area contributed by atoms with E-state index in [0.29, 0.717) is 22.3 Å². The van der Waals surface area contributed by atoms with E-state index in [1.165, 1.54) is 0 Å². The zero-order chi connectivity index (χ0) is 15.4. The van der Waals surface area contributed by atoms with Gasteiger partial charge in [0.25, 0.3) is 0 Å². The van der Waals surface area contributed by atoms with Gasteiger partial charge < -0.3 is 14.6 Å². The third-order valence-corrected chi connectivity index (χ3v) is 3.24. The van der Waals surface area contributed by atoms with Crippen LogP contribution >= 0.6 is 0 Å². The van der Waals surface area contributed by atoms with Crippen molar-refractivity contribution < 1.29 is 24.2 Å². The molecule has 0 aliphatic rings. The number of carbonyl (C=O) groups excluding carboxylic acids is 2. The van der Waals surface area contributed by atoms with E-state index in [4.69, 9.17) is 9.47 Å². The lowest BCUT2D eigenvalue weighted by molar-refractivity contribution is 0.0520. The van der Waals surface area contributed by atoms with Crippen LogP contribution < -0.4 is 0 Å². The summed E-state index contributed by atoms with van der Waals surface area (Å²) in [6.45, 7) is 8.79. The maximum atomic E-state index is 12.0. The molecule has 0 radical (unpaired) electrons. The Bertz CT molecular complexity index is 501. The Hall–Kier alpha value is -2.04. The molecule has 0 atom stereocenters. The summed E-state index contributed by atoms with van der Waals surface area (Å²) in [5, 5.41) is 10.1. The van der Waals surface area contributed by atoms with Gasteiger partial charge in [0.05, 0.1) is 18.8 Å². The van der Waals surface area contributed by atoms with Gasteiger partial charge in [-0.2, -0.15) is 0 Å². The van der Waals surface area contributed by atoms with E-state index in [2.05, 4.69) is 0 Å². The van der Waals surface area contributed by atoms with Crippen LogP contribution in [0.15, 0.2) is 0 Å². The highest BCUT2D eigenvalue weighted by Gasteiger charge is 2.26. The number of esters is 2. The monoisotopic (exact) mass is 280 g/mol. The lowest BCUT2D eigenvalue weighted by Crippen LogP contribution is -2.16. The first-order valence-electron chi connectivity index (χ1n) is 6.53. The summed E-state index contributed by atoms with van der Waals surface area (Å²) in [4.78, 5) is 24.0. The van der Waals surface area contributed by atoms with E-state index < -0.39 is 11.9 Å². The molecule has 0 spiro atoms. The molecule has 0 bridgehead atoms. The number of ether oxygens (including phenoxy) is 2. The quantitative estimate of drug-likeness (QED) is 0.858. The van der Waals surface area contributed by atoms with Crippen molar-refractivity contribution in [1.29, 1.82) is 0 Å². The molecule has 0 aromatic heterocycles. The van der Waals surface area contributed by atoms with Crippen LogP contribution in [0.4, 0.5) is 0 Å². The van der Waals surface area contributed by atoms with Gasteiger partial charge in [0.1, 0.15) is 11.3 Å². The van der Waals surface area contributed by atoms with Crippen molar-refractivity contribution >= 4 is 11.9 Å². The Labute approximate surface area is 118 Å². The second-order valence-electron chi connectivity index (χ2n) is 4.41. The molecule has 0 fully saturated rings. The van der Waals surface area contributed by atoms with Crippen LogP contribution in [-0.4, -0.2) is 30.3 Å². The number of phenolic OH excluding ortho intramolecular Hbond substituents is 1. The summed E-state index contributed by atoms with van der Waals surface area (Å²) in [7, 11) is 0. The van der Waals surface area contributed by atoms with Crippen LogP contribution in [0.5, 0.6) is 5.75 Å². The van der Waals surface area contributed by atoms with Gasteiger partial charge in [-0.15, -0.1) is 0 Å². The van der Waals surface area contributed by atoms with Gasteiger partial charge in [-0.05, 0) is 51.3 Å². The van der Waals surface area contributed by atoms with E-state index in [9.17, 15) is 14.7 Å². The minimum absolute atomic E-state index is 0.0259. The summed E-state index contributed by atoms with van der Waals surface area (Å²) >= 11 is 0. The Morgan fingerprint density at radius 3 is 1.75 bits per heavy atom. The second kappa shape index (κ2) is 6.41. The second-order valence-corrected chi connectivity index (χ2v) is 4.41. The van der Waals surface area contributed by atoms with Crippen molar-refractivity contribution in [3.8, 4) is 5.75 Å². The summed E-state index contributed by atoms with van der Waals surface area (Å²) in [6, 6.07) is 0. The molecular formula is C15H20O5. The number of rotatable bonds is 4. The fourth-order valence-electron chi connectivity index (χ4n) is 2.10. The van der Waals surface area contributed by atoms with Crippen molar-refractivity contribution in [1.82, 2.24) is 0 Å². The summed E-state index contributed by atoms with van der Waals surface area (Å²) in [6.07, 6.45) is 0. The maximum absolute atomic E-state index is 12.0. The molecule has 0 saturated carbocycles. The van der Waals surface area contributed by atoms with Gasteiger partial charge >= 0.3 is 11.9 Å². The normalized spacial score (nSPS) is 10.2.